The van der Waals surface area contributed by atoms with Crippen molar-refractivity contribution in [2.75, 3.05) is 5.32 Å². The van der Waals surface area contributed by atoms with E-state index in [0.29, 0.717) is 0 Å². The van der Waals surface area contributed by atoms with Crippen LogP contribution in [0.3, 0.4) is 0 Å². The summed E-state index contributed by atoms with van der Waals surface area (Å²) < 4.78 is 1.10. The van der Waals surface area contributed by atoms with Crippen molar-refractivity contribution in [3.63, 3.8) is 0 Å². The Bertz CT molecular complexity index is 437. The van der Waals surface area contributed by atoms with Gasteiger partial charge in [-0.3, -0.25) is 5.10 Å². The zero-order valence-electron chi connectivity index (χ0n) is 8.42. The molecule has 0 aliphatic heterocycles. The van der Waals surface area contributed by atoms with Gasteiger partial charge in [0.15, 0.2) is 0 Å². The van der Waals surface area contributed by atoms with Crippen molar-refractivity contribution in [1.82, 2.24) is 10.2 Å². The zero-order chi connectivity index (χ0) is 10.7. The highest BCUT2D eigenvalue weighted by molar-refractivity contribution is 9.10. The molecule has 15 heavy (non-hydrogen) atoms. The Morgan fingerprint density at radius 3 is 2.93 bits per heavy atom. The van der Waals surface area contributed by atoms with Crippen LogP contribution < -0.4 is 5.32 Å². The van der Waals surface area contributed by atoms with Crippen LogP contribution in [0.2, 0.25) is 0 Å². The lowest BCUT2D eigenvalue weighted by Crippen LogP contribution is -2.01. The van der Waals surface area contributed by atoms with Crippen LogP contribution in [0.15, 0.2) is 34.9 Å². The fourth-order valence-electron chi connectivity index (χ4n) is 1.40. The van der Waals surface area contributed by atoms with E-state index in [4.69, 9.17) is 0 Å². The maximum absolute atomic E-state index is 3.90. The maximum atomic E-state index is 3.90. The third kappa shape index (κ3) is 2.59. The number of hydrogen-bond acceptors (Lipinski definition) is 2. The number of H-pyrrole nitrogens is 1. The minimum absolute atomic E-state index is 0.766. The number of anilines is 1. The van der Waals surface area contributed by atoms with Gasteiger partial charge in [0.1, 0.15) is 0 Å². The standard InChI is InChI=1S/C11H12BrN3/c1-8-6-9(12)2-3-11(8)13-7-10-4-5-14-15-10/h2-6,13H,7H2,1H3,(H,14,15). The summed E-state index contributed by atoms with van der Waals surface area (Å²) in [5.41, 5.74) is 3.45. The fraction of sp³-hybridized carbons (Fsp3) is 0.182. The molecular formula is C11H12BrN3. The number of benzene rings is 1. The highest BCUT2D eigenvalue weighted by Gasteiger charge is 1.99. The van der Waals surface area contributed by atoms with Crippen molar-refractivity contribution < 1.29 is 0 Å². The predicted molar refractivity (Wildman–Crippen MR) is 64.8 cm³/mol. The van der Waals surface area contributed by atoms with Gasteiger partial charge in [-0.15, -0.1) is 0 Å². The van der Waals surface area contributed by atoms with Gasteiger partial charge in [0.25, 0.3) is 0 Å². The molecular weight excluding hydrogens is 254 g/mol. The number of nitrogens with one attached hydrogen (secondary N) is 2. The molecule has 0 saturated heterocycles. The number of aryl methyl sites for hydroxylation is 1. The molecule has 4 heteroatoms. The summed E-state index contributed by atoms with van der Waals surface area (Å²) in [6.45, 7) is 2.85. The molecule has 0 amide bonds. The van der Waals surface area contributed by atoms with Crippen molar-refractivity contribution in [1.29, 1.82) is 0 Å². The van der Waals surface area contributed by atoms with Gasteiger partial charge in [-0.2, -0.15) is 5.10 Å². The second kappa shape index (κ2) is 4.49. The van der Waals surface area contributed by atoms with Crippen LogP contribution >= 0.6 is 15.9 Å². The highest BCUT2D eigenvalue weighted by Crippen LogP contribution is 2.20. The van der Waals surface area contributed by atoms with Gasteiger partial charge in [-0.1, -0.05) is 15.9 Å². The number of rotatable bonds is 3. The average Bonchev–Trinajstić information content (AvgIpc) is 2.69. The van der Waals surface area contributed by atoms with Gasteiger partial charge in [0, 0.05) is 16.4 Å². The normalized spacial score (nSPS) is 10.3. The molecule has 0 aliphatic carbocycles. The van der Waals surface area contributed by atoms with Crippen LogP contribution in [-0.2, 0) is 6.54 Å². The minimum Gasteiger partial charge on any atom is -0.379 e. The first-order valence-electron chi connectivity index (χ1n) is 4.74. The van der Waals surface area contributed by atoms with Crippen LogP contribution in [0, 0.1) is 6.92 Å². The summed E-state index contributed by atoms with van der Waals surface area (Å²) >= 11 is 3.44. The Morgan fingerprint density at radius 2 is 2.27 bits per heavy atom. The molecule has 2 N–H and O–H groups in total. The summed E-state index contributed by atoms with van der Waals surface area (Å²) in [5.74, 6) is 0. The number of aromatic amines is 1. The van der Waals surface area contributed by atoms with Crippen LogP contribution in [-0.4, -0.2) is 10.2 Å². The molecule has 1 aromatic heterocycles. The average molecular weight is 266 g/mol. The van der Waals surface area contributed by atoms with Gasteiger partial charge >= 0.3 is 0 Å². The second-order valence-corrected chi connectivity index (χ2v) is 4.31. The molecule has 0 radical (unpaired) electrons. The van der Waals surface area contributed by atoms with E-state index in [1.54, 1.807) is 6.20 Å². The molecule has 0 fully saturated rings. The lowest BCUT2D eigenvalue weighted by molar-refractivity contribution is 0.980. The molecule has 0 saturated carbocycles. The molecule has 0 spiro atoms. The first kappa shape index (κ1) is 10.2. The van der Waals surface area contributed by atoms with Crippen LogP contribution in [0.25, 0.3) is 0 Å². The molecule has 1 aromatic carbocycles. The van der Waals surface area contributed by atoms with Crippen molar-refractivity contribution in [2.45, 2.75) is 13.5 Å². The van der Waals surface area contributed by atoms with E-state index in [9.17, 15) is 0 Å². The number of nitrogens with zero attached hydrogens (tertiary/aromatic N) is 1. The first-order chi connectivity index (χ1) is 7.25. The molecule has 0 unspecified atom stereocenters. The van der Waals surface area contributed by atoms with Gasteiger partial charge < -0.3 is 5.32 Å². The number of hydrogen-bond donors (Lipinski definition) is 2. The summed E-state index contributed by atoms with van der Waals surface area (Å²) in [7, 11) is 0. The smallest absolute Gasteiger partial charge is 0.0567 e. The molecule has 2 rings (SSSR count). The number of halogens is 1. The van der Waals surface area contributed by atoms with E-state index in [1.807, 2.05) is 12.1 Å². The Labute approximate surface area is 97.0 Å². The van der Waals surface area contributed by atoms with Crippen molar-refractivity contribution in [3.05, 3.63) is 46.2 Å². The van der Waals surface area contributed by atoms with Gasteiger partial charge in [-0.05, 0) is 36.8 Å². The third-order valence-electron chi connectivity index (χ3n) is 2.22. The monoisotopic (exact) mass is 265 g/mol. The molecule has 0 atom stereocenters. The van der Waals surface area contributed by atoms with Crippen LogP contribution in [0.5, 0.6) is 0 Å². The molecule has 78 valence electrons. The third-order valence-corrected chi connectivity index (χ3v) is 2.71. The molecule has 0 aliphatic rings. The van der Waals surface area contributed by atoms with E-state index in [0.717, 1.165) is 22.4 Å². The van der Waals surface area contributed by atoms with Crippen LogP contribution in [0.1, 0.15) is 11.3 Å². The molecule has 0 bridgehead atoms. The van der Waals surface area contributed by atoms with Gasteiger partial charge in [-0.25, -0.2) is 0 Å². The Hall–Kier alpha value is -1.29. The Balaban J connectivity index is 2.05. The Morgan fingerprint density at radius 1 is 1.40 bits per heavy atom. The highest BCUT2D eigenvalue weighted by atomic mass is 79.9. The summed E-state index contributed by atoms with van der Waals surface area (Å²) in [5, 5.41) is 10.2. The van der Waals surface area contributed by atoms with Gasteiger partial charge in [0.2, 0.25) is 0 Å². The van der Waals surface area contributed by atoms with E-state index < -0.39 is 0 Å². The molecule has 1 heterocycles. The number of aromatic nitrogens is 2. The van der Waals surface area contributed by atoms with E-state index in [-0.39, 0.29) is 0 Å². The fourth-order valence-corrected chi connectivity index (χ4v) is 1.87. The summed E-state index contributed by atoms with van der Waals surface area (Å²) in [6, 6.07) is 8.15. The lowest BCUT2D eigenvalue weighted by atomic mass is 10.2. The van der Waals surface area contributed by atoms with Crippen LogP contribution in [0.4, 0.5) is 5.69 Å². The largest absolute Gasteiger partial charge is 0.379 e. The Kier molecular flexibility index (Phi) is 3.06. The van der Waals surface area contributed by atoms with E-state index in [1.165, 1.54) is 5.56 Å². The van der Waals surface area contributed by atoms with Crippen molar-refractivity contribution in [3.8, 4) is 0 Å². The van der Waals surface area contributed by atoms with E-state index in [2.05, 4.69) is 50.5 Å². The zero-order valence-corrected chi connectivity index (χ0v) is 10.0. The van der Waals surface area contributed by atoms with Gasteiger partial charge in [0.05, 0.1) is 12.2 Å². The van der Waals surface area contributed by atoms with E-state index >= 15 is 0 Å². The minimum atomic E-state index is 0.766. The summed E-state index contributed by atoms with van der Waals surface area (Å²) in [6.07, 6.45) is 1.76. The summed E-state index contributed by atoms with van der Waals surface area (Å²) in [4.78, 5) is 0. The van der Waals surface area contributed by atoms with Crippen molar-refractivity contribution in [2.24, 2.45) is 0 Å². The van der Waals surface area contributed by atoms with Crippen molar-refractivity contribution >= 4 is 21.6 Å². The molecule has 3 nitrogen and oxygen atoms in total. The maximum Gasteiger partial charge on any atom is 0.0567 e. The second-order valence-electron chi connectivity index (χ2n) is 3.39. The first-order valence-corrected chi connectivity index (χ1v) is 5.53. The topological polar surface area (TPSA) is 40.7 Å². The quantitative estimate of drug-likeness (QED) is 0.896. The predicted octanol–water partition coefficient (Wildman–Crippen LogP) is 3.09. The SMILES string of the molecule is Cc1cc(Br)ccc1NCc1ccn[nH]1. The molecule has 2 aromatic rings. The lowest BCUT2D eigenvalue weighted by Gasteiger charge is -2.08.